The number of piperazine rings is 3. The van der Waals surface area contributed by atoms with Crippen LogP contribution in [0.15, 0.2) is 154 Å². The Bertz CT molecular complexity index is 6680. The number of anilines is 3. The van der Waals surface area contributed by atoms with E-state index in [9.17, 15) is 23.2 Å². The van der Waals surface area contributed by atoms with Crippen molar-refractivity contribution in [1.82, 2.24) is 105 Å². The predicted octanol–water partition coefficient (Wildman–Crippen LogP) is 13.8. The first-order chi connectivity index (χ1) is 62.8. The number of amides is 3. The Kier molecular flexibility index (Phi) is 24.9. The highest BCUT2D eigenvalue weighted by Crippen LogP contribution is 2.46. The van der Waals surface area contributed by atoms with Crippen LogP contribution in [0.1, 0.15) is 36.1 Å². The zero-order valence-corrected chi connectivity index (χ0v) is 73.0. The van der Waals surface area contributed by atoms with E-state index in [0.717, 1.165) is 79.8 Å². The number of nitrogens with one attached hydrogen (secondary N) is 3. The molecule has 5 aromatic carbocycles. The number of nitrogens with zero attached hydrogens (tertiary/aromatic N) is 21. The number of aromatic amines is 3. The van der Waals surface area contributed by atoms with Gasteiger partial charge in [0.1, 0.15) is 79.4 Å². The first-order valence-electron chi connectivity index (χ1n) is 42.0. The number of hydrogen-bond donors (Lipinski definition) is 3. The number of ether oxygens (including phenoxy) is 7. The lowest BCUT2D eigenvalue weighted by Crippen LogP contribution is -2.48. The van der Waals surface area contributed by atoms with Crippen LogP contribution in [0.25, 0.3) is 65.4 Å². The zero-order valence-electron chi connectivity index (χ0n) is 70.7. The summed E-state index contributed by atoms with van der Waals surface area (Å²) in [6.07, 6.45) is 13.9. The molecule has 3 N–H and O–H groups in total. The summed E-state index contributed by atoms with van der Waals surface area (Å²) >= 11 is 19.3. The van der Waals surface area contributed by atoms with E-state index in [2.05, 4.69) is 128 Å². The number of methoxy groups -OCH3 is 1. The smallest absolute Gasteiger partial charge is 0.324 e. The Hall–Kier alpha value is -13.6. The second kappa shape index (κ2) is 37.4. The molecule has 6 aliphatic heterocycles. The van der Waals surface area contributed by atoms with E-state index in [1.807, 2.05) is 36.4 Å². The monoisotopic (exact) mass is 1810 g/mol. The summed E-state index contributed by atoms with van der Waals surface area (Å²) < 4.78 is 73.0. The molecule has 0 bridgehead atoms. The van der Waals surface area contributed by atoms with Gasteiger partial charge in [-0.3, -0.25) is 44.4 Å². The summed E-state index contributed by atoms with van der Waals surface area (Å²) in [7, 11) is 3.71. The minimum atomic E-state index is -0.665. The van der Waals surface area contributed by atoms with Crippen LogP contribution in [0.2, 0.25) is 15.1 Å². The molecule has 0 unspecified atom stereocenters. The van der Waals surface area contributed by atoms with Gasteiger partial charge in [0.05, 0.1) is 72.5 Å². The number of benzene rings is 5. The van der Waals surface area contributed by atoms with Gasteiger partial charge >= 0.3 is 18.0 Å². The Labute approximate surface area is 751 Å². The van der Waals surface area contributed by atoms with Gasteiger partial charge in [-0.1, -0.05) is 92.7 Å². The summed E-state index contributed by atoms with van der Waals surface area (Å²) in [5, 5.41) is 24.3. The lowest BCUT2D eigenvalue weighted by molar-refractivity contribution is -0.127. The van der Waals surface area contributed by atoms with Gasteiger partial charge in [-0.05, 0) is 98.4 Å². The van der Waals surface area contributed by atoms with Crippen molar-refractivity contribution in [2.75, 3.05) is 140 Å². The third-order valence-electron chi connectivity index (χ3n) is 23.7. The molecule has 0 aliphatic carbocycles. The molecule has 6 aliphatic rings. The average Bonchev–Trinajstić information content (AvgIpc) is 1.27. The van der Waals surface area contributed by atoms with Crippen molar-refractivity contribution in [3.05, 3.63) is 203 Å². The number of likely N-dealkylation sites (tertiary alicyclic amines) is 1. The first-order valence-corrected chi connectivity index (χ1v) is 43.1. The van der Waals surface area contributed by atoms with Crippen LogP contribution in [-0.4, -0.2) is 260 Å². The fourth-order valence-electron chi connectivity index (χ4n) is 16.8. The molecule has 4 fully saturated rings. The molecule has 0 radical (unpaired) electrons. The second-order valence-corrected chi connectivity index (χ2v) is 32.5. The quantitative estimate of drug-likeness (QED) is 0.0563. The molecule has 39 heteroatoms. The van der Waals surface area contributed by atoms with Crippen LogP contribution in [0, 0.1) is 11.6 Å². The number of hydrogen-bond acceptors (Lipinski definition) is 28. The number of carbonyl (C=O) groups is 3. The number of carbonyl (C=O) groups excluding carboxylic acids is 3. The molecule has 0 saturated carbocycles. The number of rotatable bonds is 21. The van der Waals surface area contributed by atoms with Gasteiger partial charge in [-0.2, -0.15) is 45.2 Å². The van der Waals surface area contributed by atoms with Gasteiger partial charge in [-0.25, -0.2) is 23.7 Å². The van der Waals surface area contributed by atoms with Crippen LogP contribution in [0.3, 0.4) is 0 Å². The van der Waals surface area contributed by atoms with E-state index in [1.165, 1.54) is 59.4 Å². The molecule has 662 valence electrons. The van der Waals surface area contributed by atoms with E-state index >= 15 is 0 Å². The summed E-state index contributed by atoms with van der Waals surface area (Å²) in [5.74, 6) is 2.65. The lowest BCUT2D eigenvalue weighted by atomic mass is 9.99. The molecule has 9 aromatic heterocycles. The Balaban J connectivity index is 0.000000130. The molecule has 14 aromatic rings. The molecule has 3 amide bonds. The molecule has 2 atom stereocenters. The first kappa shape index (κ1) is 86.1. The van der Waals surface area contributed by atoms with Gasteiger partial charge in [0.2, 0.25) is 35.4 Å². The molecule has 0 spiro atoms. The highest BCUT2D eigenvalue weighted by Gasteiger charge is 2.37. The normalized spacial score (nSPS) is 16.7. The van der Waals surface area contributed by atoms with Crippen molar-refractivity contribution in [3.8, 4) is 64.4 Å². The van der Waals surface area contributed by atoms with Crippen molar-refractivity contribution in [1.29, 1.82) is 0 Å². The third kappa shape index (κ3) is 17.6. The molecule has 15 heterocycles. The number of likely N-dealkylation sites (N-methyl/N-ethyl adjacent to an activating group) is 2. The van der Waals surface area contributed by atoms with Gasteiger partial charge in [0, 0.05) is 167 Å². The largest absolute Gasteiger partial charge is 0.456 e. The maximum absolute atomic E-state index is 14.7. The number of pyridine rings is 3. The van der Waals surface area contributed by atoms with Crippen molar-refractivity contribution < 1.29 is 56.3 Å². The summed E-state index contributed by atoms with van der Waals surface area (Å²) in [6, 6.07) is 24.0. The fourth-order valence-corrected chi connectivity index (χ4v) is 17.4. The van der Waals surface area contributed by atoms with Crippen LogP contribution < -0.4 is 43.1 Å². The SMILES string of the molecule is C=CC(=O)N1CCN(c2nc(O[C@@H]3CN(CC)C[C@H]3OC)nc3c(Oc4c(Cl)c(F)cc5[nH]ncc45)nccc23)CC1.C=CC(=O)N1CCN(c2nc(Oc3cccc4c3CCN(CC)C4)nc3c(Oc4c(Cl)ccc5[nH]ncc45)nccc23)CC1.C=CC(=O)N1CCN(c2nc(Oc3cccc4c3CN(C)C4)nc3c(Oc4c(Cl)c(F)cc5[nH]ncc45)nccc23)CC1. The number of aromatic nitrogens is 15. The van der Waals surface area contributed by atoms with Crippen LogP contribution in [0.4, 0.5) is 26.2 Å². The molecule has 34 nitrogen and oxygen atoms in total. The van der Waals surface area contributed by atoms with Crippen molar-refractivity contribution in [2.45, 2.75) is 52.1 Å². The molecular formula is C90H87Cl3F2N24O10. The maximum atomic E-state index is 14.7. The van der Waals surface area contributed by atoms with Crippen LogP contribution in [-0.2, 0) is 45.2 Å². The topological polar surface area (TPSA) is 347 Å². The van der Waals surface area contributed by atoms with Gasteiger partial charge in [-0.15, -0.1) is 0 Å². The number of fused-ring (bicyclic) bond motifs is 8. The zero-order chi connectivity index (χ0) is 89.3. The maximum Gasteiger partial charge on any atom is 0.324 e. The second-order valence-electron chi connectivity index (χ2n) is 31.3. The molecule has 129 heavy (non-hydrogen) atoms. The summed E-state index contributed by atoms with van der Waals surface area (Å²) in [4.78, 5) is 97.4. The minimum absolute atomic E-state index is 0.0634. The predicted molar refractivity (Wildman–Crippen MR) is 483 cm³/mol. The van der Waals surface area contributed by atoms with E-state index in [4.69, 9.17) is 97.9 Å². The Morgan fingerprint density at radius 3 is 1.34 bits per heavy atom. The van der Waals surface area contributed by atoms with E-state index < -0.39 is 11.6 Å². The molecule has 20 rings (SSSR count). The fraction of sp³-hybridized carbons (Fsp3) is 0.300. The van der Waals surface area contributed by atoms with E-state index in [1.54, 1.807) is 64.8 Å². The third-order valence-corrected chi connectivity index (χ3v) is 24.7. The van der Waals surface area contributed by atoms with Gasteiger partial charge < -0.3 is 62.6 Å². The average molecular weight is 1810 g/mol. The lowest BCUT2D eigenvalue weighted by Gasteiger charge is -2.35. The Morgan fingerprint density at radius 1 is 0.465 bits per heavy atom. The minimum Gasteiger partial charge on any atom is -0.456 e. The number of halogens is 5. The summed E-state index contributed by atoms with van der Waals surface area (Å²) in [6.45, 7) is 28.1. The Morgan fingerprint density at radius 2 is 0.884 bits per heavy atom. The molecular weight excluding hydrogens is 1720 g/mol. The highest BCUT2D eigenvalue weighted by atomic mass is 35.5. The molecule has 4 saturated heterocycles. The van der Waals surface area contributed by atoms with Crippen LogP contribution >= 0.6 is 34.8 Å². The standard InChI is InChI=1S/C32H31ClN8O3.C30H26ClFN8O3.C28H30ClFN8O4/c1-3-27(42)40-14-16-41(17-15-40)30-22-10-12-34-31(44-29-23-18-35-38-25(23)9-8-24(29)33)28(22)36-32(37-30)43-26-7-5-6-20-19-39(4-2)13-11-21(20)26;1-3-24(41)39-9-11-40(12-10-39)28-18-7-8-33-29(43-27-19-14-34-37-22(19)13-21(32)25(27)31)26(18)35-30(36-28)42-23-6-4-5-17-15-38(2)16-20(17)23;1-4-22(39)37-8-10-38(11-9-37)26-16-6-7-31-27(42-25-17-13-32-35-19(17)12-18(30)23(25)29)24(16)33-28(34-26)41-21-15-36(5-2)14-20(21)40-3/h3,5-10,12,18H,1,4,11,13-17,19H2,2H3,(H,35,38);3-8,13-14H,1,9-12,15-16H2,2H3,(H,34,37);4,6-7,12-13,20-21H,1,5,8-11,14-15H2,2-3H3,(H,32,35)/t;;20-,21-/m..1/s1. The van der Waals surface area contributed by atoms with Crippen LogP contribution in [0.5, 0.6) is 64.4 Å². The summed E-state index contributed by atoms with van der Waals surface area (Å²) in [5.41, 5.74) is 7.49. The van der Waals surface area contributed by atoms with Crippen molar-refractivity contribution in [2.24, 2.45) is 0 Å². The highest BCUT2D eigenvalue weighted by molar-refractivity contribution is 6.34. The number of H-pyrrole nitrogens is 3. The van der Waals surface area contributed by atoms with E-state index in [0.29, 0.717) is 168 Å². The van der Waals surface area contributed by atoms with E-state index in [-0.39, 0.29) is 87.1 Å². The van der Waals surface area contributed by atoms with Crippen molar-refractivity contribution >= 4 is 135 Å². The van der Waals surface area contributed by atoms with Gasteiger partial charge in [0.25, 0.3) is 0 Å². The van der Waals surface area contributed by atoms with Crippen molar-refractivity contribution in [3.63, 3.8) is 0 Å². The van der Waals surface area contributed by atoms with Gasteiger partial charge in [0.15, 0.2) is 17.2 Å².